The number of benzene rings is 1. The number of nitrogens with zero attached hydrogens (tertiary/aromatic N) is 1. The van der Waals surface area contributed by atoms with Crippen LogP contribution in [-0.2, 0) is 27.2 Å². The van der Waals surface area contributed by atoms with Crippen LogP contribution in [0.3, 0.4) is 0 Å². The van der Waals surface area contributed by atoms with E-state index < -0.39 is 0 Å². The van der Waals surface area contributed by atoms with Crippen molar-refractivity contribution in [3.05, 3.63) is 64.0 Å². The number of thioether (sulfide) groups is 1. The third kappa shape index (κ3) is 6.35. The summed E-state index contributed by atoms with van der Waals surface area (Å²) in [5.74, 6) is 1.42. The molecule has 33 heavy (non-hydrogen) atoms. The molecule has 0 aliphatic heterocycles. The van der Waals surface area contributed by atoms with Gasteiger partial charge in [0.2, 0.25) is 0 Å². The molecule has 176 valence electrons. The average molecular weight is 466 g/mol. The van der Waals surface area contributed by atoms with Gasteiger partial charge in [-0.3, -0.25) is 9.59 Å². The van der Waals surface area contributed by atoms with Crippen LogP contribution >= 0.6 is 11.8 Å². The van der Waals surface area contributed by atoms with Gasteiger partial charge >= 0.3 is 5.97 Å². The van der Waals surface area contributed by atoms with Crippen molar-refractivity contribution in [2.45, 2.75) is 78.2 Å². The molecule has 1 heterocycles. The zero-order chi connectivity index (χ0) is 24.0. The fraction of sp³-hybridized carbons (Fsp3) is 0.464. The minimum absolute atomic E-state index is 0.0943. The van der Waals surface area contributed by atoms with Crippen LogP contribution in [-0.4, -0.2) is 22.5 Å². The second-order valence-corrected chi connectivity index (χ2v) is 9.91. The van der Waals surface area contributed by atoms with Crippen LogP contribution in [0.5, 0.6) is 0 Å². The molecule has 0 spiro atoms. The largest absolute Gasteiger partial charge is 0.430 e. The first-order chi connectivity index (χ1) is 15.9. The van der Waals surface area contributed by atoms with Crippen LogP contribution in [0.4, 0.5) is 0 Å². The monoisotopic (exact) mass is 465 g/mol. The Morgan fingerprint density at radius 1 is 1.06 bits per heavy atom. The van der Waals surface area contributed by atoms with Crippen molar-refractivity contribution in [1.29, 1.82) is 0 Å². The minimum atomic E-state index is -0.280. The molecule has 4 nitrogen and oxygen atoms in total. The van der Waals surface area contributed by atoms with E-state index in [0.29, 0.717) is 30.6 Å². The zero-order valence-corrected chi connectivity index (χ0v) is 21.3. The first kappa shape index (κ1) is 25.2. The lowest BCUT2D eigenvalue weighted by atomic mass is 9.79. The number of pyridine rings is 1. The van der Waals surface area contributed by atoms with E-state index in [1.807, 2.05) is 19.2 Å². The number of aryl methyl sites for hydroxylation is 4. The van der Waals surface area contributed by atoms with E-state index in [-0.39, 0.29) is 17.7 Å². The molecule has 1 aliphatic rings. The first-order valence-corrected chi connectivity index (χ1v) is 13.0. The molecule has 0 fully saturated rings. The topological polar surface area (TPSA) is 56.3 Å². The smallest absolute Gasteiger partial charge is 0.310 e. The Hall–Kier alpha value is -2.40. The molecular formula is C28H35NO3S. The Morgan fingerprint density at radius 3 is 2.33 bits per heavy atom. The Kier molecular flexibility index (Phi) is 8.90. The van der Waals surface area contributed by atoms with Gasteiger partial charge in [-0.2, -0.15) is 0 Å². The number of aromatic nitrogens is 1. The number of hydrogen-bond donors (Lipinski definition) is 0. The molecule has 2 aromatic rings. The number of allylic oxidation sites excluding steroid dienone is 2. The number of rotatable bonds is 9. The molecule has 0 saturated carbocycles. The quantitative estimate of drug-likeness (QED) is 0.306. The van der Waals surface area contributed by atoms with Gasteiger partial charge in [0, 0.05) is 25.5 Å². The minimum Gasteiger partial charge on any atom is -0.430 e. The highest BCUT2D eigenvalue weighted by molar-refractivity contribution is 7.99. The van der Waals surface area contributed by atoms with Crippen LogP contribution in [0.25, 0.3) is 5.57 Å². The predicted octanol–water partition coefficient (Wildman–Crippen LogP) is 6.65. The normalized spacial score (nSPS) is 16.3. The van der Waals surface area contributed by atoms with Crippen LogP contribution in [0.1, 0.15) is 74.3 Å². The molecule has 0 saturated heterocycles. The molecule has 1 atom stereocenters. The van der Waals surface area contributed by atoms with Crippen LogP contribution in [0, 0.1) is 19.8 Å². The summed E-state index contributed by atoms with van der Waals surface area (Å²) in [4.78, 5) is 30.2. The number of carbonyl (C=O) groups excluding carboxylic acids is 2. The van der Waals surface area contributed by atoms with Crippen molar-refractivity contribution in [3.63, 3.8) is 0 Å². The zero-order valence-electron chi connectivity index (χ0n) is 20.5. The lowest BCUT2D eigenvalue weighted by Crippen LogP contribution is -2.23. The third-order valence-corrected chi connectivity index (χ3v) is 7.13. The van der Waals surface area contributed by atoms with E-state index in [1.165, 1.54) is 5.56 Å². The number of Topliss-reactive ketones (excluding diaryl/α,β-unsaturated/α-hetero) is 1. The van der Waals surface area contributed by atoms with E-state index >= 15 is 0 Å². The molecule has 0 N–H and O–H groups in total. The molecule has 0 amide bonds. The van der Waals surface area contributed by atoms with Crippen molar-refractivity contribution in [1.82, 2.24) is 4.98 Å². The second kappa shape index (κ2) is 11.6. The van der Waals surface area contributed by atoms with Crippen LogP contribution in [0.2, 0.25) is 0 Å². The molecule has 1 aliphatic carbocycles. The molecule has 1 aromatic carbocycles. The predicted molar refractivity (Wildman–Crippen MR) is 135 cm³/mol. The van der Waals surface area contributed by atoms with Crippen LogP contribution < -0.4 is 0 Å². The van der Waals surface area contributed by atoms with E-state index in [1.54, 1.807) is 18.7 Å². The van der Waals surface area contributed by atoms with Crippen molar-refractivity contribution < 1.29 is 14.3 Å². The SMILES string of the molecule is CCC(=O)OC1=C(c2c(CC)cc(C)cc2CC)C(=O)CC(CCSc2ccc(C)cn2)C1. The molecule has 0 bridgehead atoms. The number of ether oxygens (including phenoxy) is 1. The van der Waals surface area contributed by atoms with Crippen molar-refractivity contribution in [2.24, 2.45) is 5.92 Å². The summed E-state index contributed by atoms with van der Waals surface area (Å²) in [6, 6.07) is 8.42. The number of ketones is 1. The lowest BCUT2D eigenvalue weighted by molar-refractivity contribution is -0.139. The molecule has 0 radical (unpaired) electrons. The molecule has 1 aromatic heterocycles. The summed E-state index contributed by atoms with van der Waals surface area (Å²) in [5, 5.41) is 0.997. The third-order valence-electron chi connectivity index (χ3n) is 6.15. The summed E-state index contributed by atoms with van der Waals surface area (Å²) in [5.41, 5.74) is 6.27. The standard InChI is InChI=1S/C28H35NO3S/c1-6-21-13-19(5)14-22(7-2)27(21)28-23(30)15-20(16-24(28)32-26(31)8-3)11-12-33-25-10-9-18(4)17-29-25/h9-10,13-14,17,20H,6-8,11-12,15-16H2,1-5H3. The second-order valence-electron chi connectivity index (χ2n) is 8.80. The number of hydrogen-bond acceptors (Lipinski definition) is 5. The maximum atomic E-state index is 13.5. The van der Waals surface area contributed by atoms with Gasteiger partial charge in [-0.1, -0.05) is 44.5 Å². The van der Waals surface area contributed by atoms with Gasteiger partial charge in [0.1, 0.15) is 5.76 Å². The Morgan fingerprint density at radius 2 is 1.76 bits per heavy atom. The van der Waals surface area contributed by atoms with Gasteiger partial charge < -0.3 is 4.74 Å². The van der Waals surface area contributed by atoms with Gasteiger partial charge in [-0.05, 0) is 73.1 Å². The number of carbonyl (C=O) groups is 2. The van der Waals surface area contributed by atoms with Crippen molar-refractivity contribution in [2.75, 3.05) is 5.75 Å². The van der Waals surface area contributed by atoms with E-state index in [4.69, 9.17) is 4.74 Å². The highest BCUT2D eigenvalue weighted by Crippen LogP contribution is 2.39. The van der Waals surface area contributed by atoms with Crippen molar-refractivity contribution in [3.8, 4) is 0 Å². The summed E-state index contributed by atoms with van der Waals surface area (Å²) >= 11 is 1.71. The molecule has 5 heteroatoms. The van der Waals surface area contributed by atoms with E-state index in [9.17, 15) is 9.59 Å². The van der Waals surface area contributed by atoms with Gasteiger partial charge in [0.15, 0.2) is 5.78 Å². The Labute approximate surface area is 202 Å². The van der Waals surface area contributed by atoms with Crippen LogP contribution in [0.15, 0.2) is 41.2 Å². The molecule has 3 rings (SSSR count). The average Bonchev–Trinajstić information content (AvgIpc) is 2.80. The maximum absolute atomic E-state index is 13.5. The van der Waals surface area contributed by atoms with Gasteiger partial charge in [0.25, 0.3) is 0 Å². The highest BCUT2D eigenvalue weighted by atomic mass is 32.2. The highest BCUT2D eigenvalue weighted by Gasteiger charge is 2.32. The Bertz CT molecular complexity index is 1010. The maximum Gasteiger partial charge on any atom is 0.310 e. The molecular weight excluding hydrogens is 430 g/mol. The summed E-state index contributed by atoms with van der Waals surface area (Å²) in [7, 11) is 0. The van der Waals surface area contributed by atoms with Gasteiger partial charge in [-0.25, -0.2) is 4.98 Å². The molecule has 1 unspecified atom stereocenters. The number of esters is 1. The van der Waals surface area contributed by atoms with Gasteiger partial charge in [0.05, 0.1) is 10.6 Å². The lowest BCUT2D eigenvalue weighted by Gasteiger charge is -2.28. The Balaban J connectivity index is 1.89. The summed E-state index contributed by atoms with van der Waals surface area (Å²) in [6.45, 7) is 10.1. The van der Waals surface area contributed by atoms with Crippen molar-refractivity contribution >= 4 is 29.1 Å². The fourth-order valence-electron chi connectivity index (χ4n) is 4.43. The first-order valence-electron chi connectivity index (χ1n) is 12.0. The van der Waals surface area contributed by atoms with E-state index in [2.05, 4.69) is 44.0 Å². The van der Waals surface area contributed by atoms with E-state index in [0.717, 1.165) is 52.3 Å². The summed E-state index contributed by atoms with van der Waals surface area (Å²) < 4.78 is 5.82. The fourth-order valence-corrected chi connectivity index (χ4v) is 5.38. The van der Waals surface area contributed by atoms with Gasteiger partial charge in [-0.15, -0.1) is 11.8 Å². The summed E-state index contributed by atoms with van der Waals surface area (Å²) in [6.07, 6.45) is 5.82.